The second-order valence-corrected chi connectivity index (χ2v) is 5.99. The van der Waals surface area contributed by atoms with Gasteiger partial charge in [0.25, 0.3) is 5.91 Å². The van der Waals surface area contributed by atoms with Gasteiger partial charge in [0.1, 0.15) is 13.2 Å². The van der Waals surface area contributed by atoms with Gasteiger partial charge in [-0.15, -0.1) is 0 Å². The molecule has 0 saturated carbocycles. The zero-order valence-electron chi connectivity index (χ0n) is 14.2. The van der Waals surface area contributed by atoms with Gasteiger partial charge in [-0.05, 0) is 19.1 Å². The average molecular weight is 336 g/mol. The predicted molar refractivity (Wildman–Crippen MR) is 88.2 cm³/mol. The summed E-state index contributed by atoms with van der Waals surface area (Å²) in [5.41, 5.74) is 0.505. The Kier molecular flexibility index (Phi) is 5.42. The number of carbonyl (C=O) groups is 1. The van der Waals surface area contributed by atoms with Crippen molar-refractivity contribution >= 4 is 5.91 Å². The summed E-state index contributed by atoms with van der Waals surface area (Å²) < 4.78 is 21.8. The maximum absolute atomic E-state index is 12.5. The highest BCUT2D eigenvalue weighted by Crippen LogP contribution is 2.40. The Morgan fingerprint density at radius 2 is 2.00 bits per heavy atom. The number of carbonyl (C=O) groups excluding carboxylic acids is 1. The molecule has 7 nitrogen and oxygen atoms in total. The van der Waals surface area contributed by atoms with Gasteiger partial charge in [-0.1, -0.05) is 0 Å². The summed E-state index contributed by atoms with van der Waals surface area (Å²) in [7, 11) is 1.55. The van der Waals surface area contributed by atoms with Crippen molar-refractivity contribution < 1.29 is 23.7 Å². The molecule has 0 spiro atoms. The first-order valence-electron chi connectivity index (χ1n) is 8.26. The van der Waals surface area contributed by atoms with E-state index in [-0.39, 0.29) is 11.9 Å². The van der Waals surface area contributed by atoms with Gasteiger partial charge in [-0.25, -0.2) is 0 Å². The number of morpholine rings is 1. The molecule has 1 aromatic carbocycles. The van der Waals surface area contributed by atoms with Crippen LogP contribution in [0.15, 0.2) is 12.1 Å². The van der Waals surface area contributed by atoms with Crippen LogP contribution in [0.3, 0.4) is 0 Å². The van der Waals surface area contributed by atoms with Crippen molar-refractivity contribution in [2.45, 2.75) is 13.0 Å². The average Bonchev–Trinajstić information content (AvgIpc) is 2.61. The molecule has 2 aliphatic rings. The second kappa shape index (κ2) is 7.72. The third-order valence-electron chi connectivity index (χ3n) is 4.10. The summed E-state index contributed by atoms with van der Waals surface area (Å²) in [5, 5.41) is 3.03. The van der Waals surface area contributed by atoms with Crippen LogP contribution in [0.1, 0.15) is 17.3 Å². The summed E-state index contributed by atoms with van der Waals surface area (Å²) in [5.74, 6) is 1.47. The molecule has 2 heterocycles. The van der Waals surface area contributed by atoms with Crippen LogP contribution in [0.2, 0.25) is 0 Å². The lowest BCUT2D eigenvalue weighted by Gasteiger charge is -2.29. The van der Waals surface area contributed by atoms with Crippen LogP contribution < -0.4 is 19.5 Å². The van der Waals surface area contributed by atoms with E-state index < -0.39 is 0 Å². The van der Waals surface area contributed by atoms with Gasteiger partial charge in [0.05, 0.1) is 20.3 Å². The summed E-state index contributed by atoms with van der Waals surface area (Å²) in [6.07, 6.45) is 0. The van der Waals surface area contributed by atoms with Crippen molar-refractivity contribution in [1.29, 1.82) is 0 Å². The first-order chi connectivity index (χ1) is 11.7. The maximum Gasteiger partial charge on any atom is 0.251 e. The van der Waals surface area contributed by atoms with Crippen molar-refractivity contribution in [3.8, 4) is 17.2 Å². The van der Waals surface area contributed by atoms with Crippen molar-refractivity contribution in [2.75, 3.05) is 53.2 Å². The van der Waals surface area contributed by atoms with Crippen LogP contribution in [0.25, 0.3) is 0 Å². The number of benzene rings is 1. The molecule has 0 aliphatic carbocycles. The third-order valence-corrected chi connectivity index (χ3v) is 4.10. The maximum atomic E-state index is 12.5. The van der Waals surface area contributed by atoms with Crippen LogP contribution in [0, 0.1) is 0 Å². The van der Waals surface area contributed by atoms with Crippen molar-refractivity contribution in [3.63, 3.8) is 0 Å². The fourth-order valence-corrected chi connectivity index (χ4v) is 2.93. The van der Waals surface area contributed by atoms with Gasteiger partial charge in [0.2, 0.25) is 5.75 Å². The molecule has 1 saturated heterocycles. The van der Waals surface area contributed by atoms with Crippen molar-refractivity contribution in [1.82, 2.24) is 10.2 Å². The Morgan fingerprint density at radius 3 is 2.75 bits per heavy atom. The zero-order chi connectivity index (χ0) is 16.9. The normalized spacial score (nSPS) is 18.8. The Labute approximate surface area is 141 Å². The predicted octanol–water partition coefficient (Wildman–Crippen LogP) is 0.917. The largest absolute Gasteiger partial charge is 0.493 e. The monoisotopic (exact) mass is 336 g/mol. The van der Waals surface area contributed by atoms with E-state index in [0.29, 0.717) is 36.0 Å². The van der Waals surface area contributed by atoms with E-state index >= 15 is 0 Å². The number of rotatable bonds is 5. The van der Waals surface area contributed by atoms with E-state index in [4.69, 9.17) is 18.9 Å². The van der Waals surface area contributed by atoms with E-state index in [9.17, 15) is 4.79 Å². The van der Waals surface area contributed by atoms with Gasteiger partial charge < -0.3 is 24.3 Å². The highest BCUT2D eigenvalue weighted by molar-refractivity contribution is 5.95. The van der Waals surface area contributed by atoms with E-state index in [0.717, 1.165) is 32.8 Å². The summed E-state index contributed by atoms with van der Waals surface area (Å²) in [4.78, 5) is 14.8. The highest BCUT2D eigenvalue weighted by Gasteiger charge is 2.22. The molecule has 0 radical (unpaired) electrons. The number of fused-ring (bicyclic) bond motifs is 1. The summed E-state index contributed by atoms with van der Waals surface area (Å²) in [6, 6.07) is 3.42. The van der Waals surface area contributed by atoms with E-state index in [1.54, 1.807) is 19.2 Å². The molecule has 1 N–H and O–H groups in total. The van der Waals surface area contributed by atoms with E-state index in [2.05, 4.69) is 10.2 Å². The Bertz CT molecular complexity index is 569. The van der Waals surface area contributed by atoms with E-state index in [1.807, 2.05) is 6.92 Å². The van der Waals surface area contributed by atoms with Crippen LogP contribution in [-0.4, -0.2) is 70.0 Å². The number of amides is 1. The summed E-state index contributed by atoms with van der Waals surface area (Å²) in [6.45, 7) is 7.05. The molecule has 1 amide bonds. The molecule has 7 heteroatoms. The lowest BCUT2D eigenvalue weighted by atomic mass is 10.1. The quantitative estimate of drug-likeness (QED) is 0.862. The molecule has 2 aliphatic heterocycles. The topological polar surface area (TPSA) is 69.3 Å². The first kappa shape index (κ1) is 16.9. The van der Waals surface area contributed by atoms with Crippen LogP contribution in [-0.2, 0) is 4.74 Å². The minimum atomic E-state index is -0.147. The molecular weight excluding hydrogens is 312 g/mol. The van der Waals surface area contributed by atoms with E-state index in [1.165, 1.54) is 0 Å². The van der Waals surface area contributed by atoms with Gasteiger partial charge in [0.15, 0.2) is 11.5 Å². The minimum Gasteiger partial charge on any atom is -0.493 e. The van der Waals surface area contributed by atoms with Gasteiger partial charge in [-0.2, -0.15) is 0 Å². The minimum absolute atomic E-state index is 0.0368. The standard InChI is InChI=1S/C17H24N2O5/c1-12(11-19-3-5-22-6-4-19)18-17(20)13-9-14(21-2)16-15(10-13)23-7-8-24-16/h9-10,12H,3-8,11H2,1-2H3,(H,18,20)/t12-/m1/s1. The molecule has 0 unspecified atom stereocenters. The smallest absolute Gasteiger partial charge is 0.251 e. The molecule has 24 heavy (non-hydrogen) atoms. The molecule has 132 valence electrons. The van der Waals surface area contributed by atoms with Crippen LogP contribution in [0.4, 0.5) is 0 Å². The fraction of sp³-hybridized carbons (Fsp3) is 0.588. The van der Waals surface area contributed by atoms with Crippen LogP contribution >= 0.6 is 0 Å². The zero-order valence-corrected chi connectivity index (χ0v) is 14.2. The molecule has 0 aromatic heterocycles. The van der Waals surface area contributed by atoms with Crippen LogP contribution in [0.5, 0.6) is 17.2 Å². The number of hydrogen-bond donors (Lipinski definition) is 1. The molecule has 1 aromatic rings. The Hall–Kier alpha value is -1.99. The molecular formula is C17H24N2O5. The molecule has 1 fully saturated rings. The van der Waals surface area contributed by atoms with Crippen molar-refractivity contribution in [3.05, 3.63) is 17.7 Å². The first-order valence-corrected chi connectivity index (χ1v) is 8.26. The number of methoxy groups -OCH3 is 1. The molecule has 1 atom stereocenters. The SMILES string of the molecule is COc1cc(C(=O)N[C@H](C)CN2CCOCC2)cc2c1OCCO2. The second-order valence-electron chi connectivity index (χ2n) is 5.99. The fourth-order valence-electron chi connectivity index (χ4n) is 2.93. The number of nitrogens with one attached hydrogen (secondary N) is 1. The lowest BCUT2D eigenvalue weighted by Crippen LogP contribution is -2.46. The Morgan fingerprint density at radius 1 is 1.25 bits per heavy atom. The van der Waals surface area contributed by atoms with Crippen molar-refractivity contribution in [2.24, 2.45) is 0 Å². The Balaban J connectivity index is 1.65. The number of ether oxygens (including phenoxy) is 4. The summed E-state index contributed by atoms with van der Waals surface area (Å²) >= 11 is 0. The number of hydrogen-bond acceptors (Lipinski definition) is 6. The highest BCUT2D eigenvalue weighted by atomic mass is 16.6. The van der Waals surface area contributed by atoms with Gasteiger partial charge >= 0.3 is 0 Å². The third kappa shape index (κ3) is 3.91. The number of nitrogens with zero attached hydrogens (tertiary/aromatic N) is 1. The molecule has 3 rings (SSSR count). The van der Waals surface area contributed by atoms with Gasteiger partial charge in [0, 0.05) is 31.2 Å². The molecule has 0 bridgehead atoms. The van der Waals surface area contributed by atoms with Gasteiger partial charge in [-0.3, -0.25) is 9.69 Å². The lowest BCUT2D eigenvalue weighted by molar-refractivity contribution is 0.0342.